The molecule has 3 aromatic carbocycles. The number of aromatic nitrogens is 2. The first-order chi connectivity index (χ1) is 18.0. The summed E-state index contributed by atoms with van der Waals surface area (Å²) in [6, 6.07) is 24.5. The molecular formula is C30H31N3O4. The second-order valence-corrected chi connectivity index (χ2v) is 9.40. The van der Waals surface area contributed by atoms with E-state index in [-0.39, 0.29) is 23.8 Å². The maximum atomic E-state index is 13.6. The molecule has 0 spiro atoms. The molecule has 2 heterocycles. The van der Waals surface area contributed by atoms with Crippen molar-refractivity contribution in [2.75, 3.05) is 13.2 Å². The molecule has 1 atom stereocenters. The minimum Gasteiger partial charge on any atom is -0.507 e. The number of aromatic hydroxyl groups is 1. The molecular weight excluding hydrogens is 466 g/mol. The van der Waals surface area contributed by atoms with Gasteiger partial charge in [-0.3, -0.25) is 9.89 Å². The van der Waals surface area contributed by atoms with Gasteiger partial charge in [0.05, 0.1) is 12.1 Å². The monoisotopic (exact) mass is 497 g/mol. The van der Waals surface area contributed by atoms with Gasteiger partial charge < -0.3 is 19.5 Å². The first-order valence-corrected chi connectivity index (χ1v) is 12.6. The maximum absolute atomic E-state index is 13.6. The van der Waals surface area contributed by atoms with Gasteiger partial charge in [-0.15, -0.1) is 0 Å². The Morgan fingerprint density at radius 1 is 1.03 bits per heavy atom. The van der Waals surface area contributed by atoms with E-state index in [0.29, 0.717) is 43.1 Å². The summed E-state index contributed by atoms with van der Waals surface area (Å²) < 4.78 is 11.8. The van der Waals surface area contributed by atoms with E-state index in [0.717, 1.165) is 22.4 Å². The van der Waals surface area contributed by atoms with E-state index >= 15 is 0 Å². The summed E-state index contributed by atoms with van der Waals surface area (Å²) >= 11 is 0. The van der Waals surface area contributed by atoms with Crippen LogP contribution in [0.1, 0.15) is 53.5 Å². The highest BCUT2D eigenvalue weighted by Gasteiger charge is 2.42. The minimum absolute atomic E-state index is 0.116. The Kier molecular flexibility index (Phi) is 7.23. The fourth-order valence-corrected chi connectivity index (χ4v) is 4.72. The lowest BCUT2D eigenvalue weighted by atomic mass is 9.95. The van der Waals surface area contributed by atoms with Gasteiger partial charge in [0.15, 0.2) is 0 Å². The average molecular weight is 498 g/mol. The maximum Gasteiger partial charge on any atom is 0.273 e. The normalized spacial score (nSPS) is 14.8. The molecule has 7 nitrogen and oxygen atoms in total. The summed E-state index contributed by atoms with van der Waals surface area (Å²) in [4.78, 5) is 15.4. The Morgan fingerprint density at radius 2 is 1.81 bits per heavy atom. The van der Waals surface area contributed by atoms with Crippen molar-refractivity contribution in [2.24, 2.45) is 0 Å². The highest BCUT2D eigenvalue weighted by atomic mass is 16.5. The van der Waals surface area contributed by atoms with Crippen LogP contribution in [0.5, 0.6) is 11.5 Å². The summed E-state index contributed by atoms with van der Waals surface area (Å²) in [5.41, 5.74) is 4.36. The first kappa shape index (κ1) is 24.6. The Hall–Kier alpha value is -4.10. The number of ether oxygens (including phenoxy) is 2. The van der Waals surface area contributed by atoms with E-state index in [9.17, 15) is 9.90 Å². The lowest BCUT2D eigenvalue weighted by molar-refractivity contribution is 0.0601. The van der Waals surface area contributed by atoms with Crippen LogP contribution in [-0.2, 0) is 11.3 Å². The Labute approximate surface area is 216 Å². The van der Waals surface area contributed by atoms with E-state index in [2.05, 4.69) is 10.2 Å². The number of hydrogen-bond acceptors (Lipinski definition) is 5. The van der Waals surface area contributed by atoms with E-state index in [1.54, 1.807) is 12.1 Å². The molecule has 190 valence electrons. The van der Waals surface area contributed by atoms with Crippen LogP contribution in [0, 0.1) is 0 Å². The first-order valence-electron chi connectivity index (χ1n) is 12.6. The van der Waals surface area contributed by atoms with E-state index < -0.39 is 0 Å². The number of aromatic amines is 1. The Balaban J connectivity index is 1.49. The Morgan fingerprint density at radius 3 is 2.59 bits per heavy atom. The van der Waals surface area contributed by atoms with Crippen molar-refractivity contribution in [3.05, 3.63) is 101 Å². The molecule has 0 unspecified atom stereocenters. The second-order valence-electron chi connectivity index (χ2n) is 9.40. The predicted octanol–water partition coefficient (Wildman–Crippen LogP) is 5.72. The molecule has 4 aromatic rings. The van der Waals surface area contributed by atoms with Gasteiger partial charge in [-0.2, -0.15) is 5.10 Å². The molecule has 1 aliphatic heterocycles. The number of benzene rings is 3. The van der Waals surface area contributed by atoms with Crippen LogP contribution in [0.4, 0.5) is 0 Å². The molecule has 2 N–H and O–H groups in total. The number of carbonyl (C=O) groups excluding carboxylic acids is 1. The van der Waals surface area contributed by atoms with E-state index in [1.165, 1.54) is 0 Å². The number of hydrogen-bond donors (Lipinski definition) is 2. The van der Waals surface area contributed by atoms with Crippen LogP contribution in [0.2, 0.25) is 0 Å². The number of rotatable bonds is 10. The number of fused-ring (bicyclic) bond motifs is 1. The number of H-pyrrole nitrogens is 1. The number of nitrogens with zero attached hydrogens (tertiary/aromatic N) is 2. The summed E-state index contributed by atoms with van der Waals surface area (Å²) in [6.45, 7) is 5.53. The van der Waals surface area contributed by atoms with Gasteiger partial charge in [0, 0.05) is 24.3 Å². The number of carbonyl (C=O) groups is 1. The van der Waals surface area contributed by atoms with E-state index in [1.807, 2.05) is 85.5 Å². The summed E-state index contributed by atoms with van der Waals surface area (Å²) in [5, 5.41) is 18.0. The molecule has 1 aromatic heterocycles. The molecule has 37 heavy (non-hydrogen) atoms. The molecule has 0 saturated heterocycles. The lowest BCUT2D eigenvalue weighted by Crippen LogP contribution is -2.31. The molecule has 0 fully saturated rings. The van der Waals surface area contributed by atoms with Crippen molar-refractivity contribution in [3.8, 4) is 22.8 Å². The molecule has 7 heteroatoms. The number of para-hydroxylation sites is 1. The fraction of sp³-hybridized carbons (Fsp3) is 0.267. The van der Waals surface area contributed by atoms with Crippen LogP contribution in [-0.4, -0.2) is 45.4 Å². The number of phenolic OH excluding ortho intramolecular Hbond substituents is 1. The molecule has 5 rings (SSSR count). The summed E-state index contributed by atoms with van der Waals surface area (Å²) in [6.07, 6.45) is 0.835. The van der Waals surface area contributed by atoms with Gasteiger partial charge in [0.1, 0.15) is 29.5 Å². The van der Waals surface area contributed by atoms with Gasteiger partial charge in [0.25, 0.3) is 5.91 Å². The summed E-state index contributed by atoms with van der Waals surface area (Å²) in [5.74, 6) is 0.721. The van der Waals surface area contributed by atoms with Crippen molar-refractivity contribution in [2.45, 2.75) is 39.0 Å². The molecule has 1 aliphatic rings. The number of amides is 1. The van der Waals surface area contributed by atoms with Crippen molar-refractivity contribution >= 4 is 5.91 Å². The van der Waals surface area contributed by atoms with Gasteiger partial charge in [0.2, 0.25) is 0 Å². The highest BCUT2D eigenvalue weighted by molar-refractivity contribution is 6.00. The molecule has 0 aliphatic carbocycles. The van der Waals surface area contributed by atoms with Crippen LogP contribution in [0.25, 0.3) is 11.3 Å². The highest BCUT2D eigenvalue weighted by Crippen LogP contribution is 2.44. The zero-order valence-corrected chi connectivity index (χ0v) is 21.1. The van der Waals surface area contributed by atoms with Crippen molar-refractivity contribution in [3.63, 3.8) is 0 Å². The predicted molar refractivity (Wildman–Crippen MR) is 141 cm³/mol. The van der Waals surface area contributed by atoms with Gasteiger partial charge >= 0.3 is 0 Å². The van der Waals surface area contributed by atoms with Gasteiger partial charge in [-0.25, -0.2) is 0 Å². The Bertz CT molecular complexity index is 1370. The summed E-state index contributed by atoms with van der Waals surface area (Å²) in [7, 11) is 0. The third-order valence-corrected chi connectivity index (χ3v) is 6.44. The molecule has 0 bridgehead atoms. The third kappa shape index (κ3) is 5.22. The zero-order valence-electron chi connectivity index (χ0n) is 21.1. The fourth-order valence-electron chi connectivity index (χ4n) is 4.72. The quantitative estimate of drug-likeness (QED) is 0.274. The zero-order chi connectivity index (χ0) is 25.8. The second kappa shape index (κ2) is 10.9. The average Bonchev–Trinajstić information content (AvgIpc) is 3.45. The number of phenols is 1. The smallest absolute Gasteiger partial charge is 0.273 e. The SMILES string of the molecule is CC(C)OCCCN1C(=O)c2[nH]nc(-c3ccccc3O)c2[C@@H]1c1cccc(OCc2ccccc2)c1. The number of nitrogens with one attached hydrogen (secondary N) is 1. The largest absolute Gasteiger partial charge is 0.507 e. The van der Waals surface area contributed by atoms with Crippen molar-refractivity contribution < 1.29 is 19.4 Å². The third-order valence-electron chi connectivity index (χ3n) is 6.44. The van der Waals surface area contributed by atoms with Crippen molar-refractivity contribution in [1.82, 2.24) is 15.1 Å². The lowest BCUT2D eigenvalue weighted by Gasteiger charge is -2.27. The van der Waals surface area contributed by atoms with Gasteiger partial charge in [-0.1, -0.05) is 54.6 Å². The van der Waals surface area contributed by atoms with Crippen LogP contribution in [0.15, 0.2) is 78.9 Å². The van der Waals surface area contributed by atoms with Crippen molar-refractivity contribution in [1.29, 1.82) is 0 Å². The molecule has 1 amide bonds. The van der Waals surface area contributed by atoms with Gasteiger partial charge in [-0.05, 0) is 55.7 Å². The standard InChI is InChI=1S/C30H31N3O4/c1-20(2)36-17-9-16-33-29(22-12-8-13-23(18-22)37-19-21-10-4-3-5-11-21)26-27(31-32-28(26)30(33)35)24-14-6-7-15-25(24)34/h3-8,10-15,18,20,29,34H,9,16-17,19H2,1-2H3,(H,31,32)/t29-/m0/s1. The minimum atomic E-state index is -0.379. The van der Waals surface area contributed by atoms with Crippen LogP contribution >= 0.6 is 0 Å². The topological polar surface area (TPSA) is 87.7 Å². The van der Waals surface area contributed by atoms with Crippen LogP contribution in [0.3, 0.4) is 0 Å². The molecule has 0 saturated carbocycles. The van der Waals surface area contributed by atoms with Crippen LogP contribution < -0.4 is 4.74 Å². The molecule has 0 radical (unpaired) electrons. The van der Waals surface area contributed by atoms with E-state index in [4.69, 9.17) is 9.47 Å².